The van der Waals surface area contributed by atoms with Gasteiger partial charge in [0.25, 0.3) is 5.91 Å². The third-order valence-corrected chi connectivity index (χ3v) is 3.85. The molecule has 0 saturated heterocycles. The largest absolute Gasteiger partial charge is 0.505 e. The second kappa shape index (κ2) is 6.04. The number of benzene rings is 3. The van der Waals surface area contributed by atoms with Crippen molar-refractivity contribution in [2.45, 2.75) is 6.92 Å². The smallest absolute Gasteiger partial charge is 0.259 e. The van der Waals surface area contributed by atoms with Gasteiger partial charge in [0.1, 0.15) is 0 Å². The molecule has 0 aliphatic rings. The monoisotopic (exact) mass is 320 g/mol. The standard InChI is InChI=1S/C19H16N2O3/c1-11(22)12-6-8-14(9-7-12)21-19(24)16-10-13-4-2-3-5-15(13)17(20)18(16)23/h2-10,23H,20H2,1H3,(H,21,24). The number of carbonyl (C=O) groups excluding carboxylic acids is 2. The van der Waals surface area contributed by atoms with Gasteiger partial charge < -0.3 is 16.2 Å². The van der Waals surface area contributed by atoms with Crippen LogP contribution < -0.4 is 11.1 Å². The molecule has 0 atom stereocenters. The molecule has 3 aromatic rings. The second-order valence-corrected chi connectivity index (χ2v) is 5.50. The van der Waals surface area contributed by atoms with Gasteiger partial charge in [0.15, 0.2) is 11.5 Å². The van der Waals surface area contributed by atoms with Crippen LogP contribution in [0.4, 0.5) is 11.4 Å². The van der Waals surface area contributed by atoms with Crippen LogP contribution in [0.2, 0.25) is 0 Å². The number of phenolic OH excluding ortho intramolecular Hbond substituents is 1. The molecule has 0 heterocycles. The Labute approximate surface area is 138 Å². The maximum atomic E-state index is 12.5. The quantitative estimate of drug-likeness (QED) is 0.391. The van der Waals surface area contributed by atoms with Gasteiger partial charge >= 0.3 is 0 Å². The summed E-state index contributed by atoms with van der Waals surface area (Å²) >= 11 is 0. The van der Waals surface area contributed by atoms with E-state index >= 15 is 0 Å². The molecule has 0 unspecified atom stereocenters. The molecule has 5 nitrogen and oxygen atoms in total. The van der Waals surface area contributed by atoms with Crippen molar-refractivity contribution in [1.29, 1.82) is 0 Å². The summed E-state index contributed by atoms with van der Waals surface area (Å²) in [7, 11) is 0. The number of ketones is 1. The highest BCUT2D eigenvalue weighted by Crippen LogP contribution is 2.33. The SMILES string of the molecule is CC(=O)c1ccc(NC(=O)c2cc3ccccc3c(N)c2O)cc1. The van der Waals surface area contributed by atoms with Crippen molar-refractivity contribution in [3.05, 3.63) is 65.7 Å². The zero-order chi connectivity index (χ0) is 17.3. The number of phenols is 1. The number of fused-ring (bicyclic) bond motifs is 1. The van der Waals surface area contributed by atoms with Crippen LogP contribution in [0.3, 0.4) is 0 Å². The highest BCUT2D eigenvalue weighted by atomic mass is 16.3. The number of hydrogen-bond donors (Lipinski definition) is 3. The molecule has 0 aliphatic heterocycles. The summed E-state index contributed by atoms with van der Waals surface area (Å²) in [5.41, 5.74) is 7.29. The molecule has 0 spiro atoms. The molecular formula is C19H16N2O3. The van der Waals surface area contributed by atoms with Gasteiger partial charge in [-0.15, -0.1) is 0 Å². The van der Waals surface area contributed by atoms with Gasteiger partial charge in [-0.05, 0) is 42.6 Å². The predicted octanol–water partition coefficient (Wildman–Crippen LogP) is 3.58. The van der Waals surface area contributed by atoms with Gasteiger partial charge in [-0.3, -0.25) is 9.59 Å². The molecule has 3 aromatic carbocycles. The van der Waals surface area contributed by atoms with Gasteiger partial charge in [-0.2, -0.15) is 0 Å². The molecule has 0 radical (unpaired) electrons. The van der Waals surface area contributed by atoms with Gasteiger partial charge in [0.2, 0.25) is 0 Å². The summed E-state index contributed by atoms with van der Waals surface area (Å²) in [4.78, 5) is 23.7. The van der Waals surface area contributed by atoms with E-state index in [-0.39, 0.29) is 22.8 Å². The molecule has 0 fully saturated rings. The fourth-order valence-corrected chi connectivity index (χ4v) is 2.52. The summed E-state index contributed by atoms with van der Waals surface area (Å²) < 4.78 is 0. The first-order chi connectivity index (χ1) is 11.5. The lowest BCUT2D eigenvalue weighted by Crippen LogP contribution is -2.13. The van der Waals surface area contributed by atoms with Gasteiger partial charge in [0.05, 0.1) is 11.3 Å². The zero-order valence-corrected chi connectivity index (χ0v) is 13.0. The average molecular weight is 320 g/mol. The van der Waals surface area contributed by atoms with Crippen LogP contribution in [-0.4, -0.2) is 16.8 Å². The fourth-order valence-electron chi connectivity index (χ4n) is 2.52. The van der Waals surface area contributed by atoms with Crippen molar-refractivity contribution in [2.75, 3.05) is 11.1 Å². The molecule has 0 saturated carbocycles. The summed E-state index contributed by atoms with van der Waals surface area (Å²) in [6.07, 6.45) is 0. The van der Waals surface area contributed by atoms with E-state index in [0.717, 1.165) is 5.39 Å². The lowest BCUT2D eigenvalue weighted by molar-refractivity contribution is 0.101. The molecule has 1 amide bonds. The van der Waals surface area contributed by atoms with Gasteiger partial charge in [0, 0.05) is 16.6 Å². The van der Waals surface area contributed by atoms with Crippen molar-refractivity contribution in [3.8, 4) is 5.75 Å². The highest BCUT2D eigenvalue weighted by molar-refractivity contribution is 6.12. The summed E-state index contributed by atoms with van der Waals surface area (Å²) in [5.74, 6) is -0.764. The minimum Gasteiger partial charge on any atom is -0.505 e. The van der Waals surface area contributed by atoms with Crippen LogP contribution in [0.5, 0.6) is 5.75 Å². The van der Waals surface area contributed by atoms with E-state index in [9.17, 15) is 14.7 Å². The van der Waals surface area contributed by atoms with Crippen molar-refractivity contribution in [1.82, 2.24) is 0 Å². The van der Waals surface area contributed by atoms with Crippen molar-refractivity contribution < 1.29 is 14.7 Å². The molecule has 0 bridgehead atoms. The molecule has 3 rings (SSSR count). The number of rotatable bonds is 3. The molecular weight excluding hydrogens is 304 g/mol. The number of carbonyl (C=O) groups is 2. The van der Waals surface area contributed by atoms with Crippen LogP contribution in [0, 0.1) is 0 Å². The lowest BCUT2D eigenvalue weighted by Gasteiger charge is -2.11. The van der Waals surface area contributed by atoms with Crippen LogP contribution in [-0.2, 0) is 0 Å². The molecule has 0 aromatic heterocycles. The van der Waals surface area contributed by atoms with Gasteiger partial charge in [-0.25, -0.2) is 0 Å². The van der Waals surface area contributed by atoms with E-state index in [2.05, 4.69) is 5.32 Å². The van der Waals surface area contributed by atoms with E-state index in [0.29, 0.717) is 16.6 Å². The number of hydrogen-bond acceptors (Lipinski definition) is 4. The average Bonchev–Trinajstić information content (AvgIpc) is 2.58. The van der Waals surface area contributed by atoms with Crippen LogP contribution in [0.25, 0.3) is 10.8 Å². The Balaban J connectivity index is 1.94. The Bertz CT molecular complexity index is 947. The minimum atomic E-state index is -0.472. The number of Topliss-reactive ketones (excluding diaryl/α,β-unsaturated/α-hetero) is 1. The van der Waals surface area contributed by atoms with Crippen LogP contribution in [0.1, 0.15) is 27.6 Å². The molecule has 120 valence electrons. The van der Waals surface area contributed by atoms with Crippen molar-refractivity contribution >= 4 is 33.8 Å². The number of amides is 1. The van der Waals surface area contributed by atoms with E-state index in [1.807, 2.05) is 18.2 Å². The topological polar surface area (TPSA) is 92.4 Å². The summed E-state index contributed by atoms with van der Waals surface area (Å²) in [5, 5.41) is 14.4. The fraction of sp³-hybridized carbons (Fsp3) is 0.0526. The Morgan fingerprint density at radius 2 is 1.71 bits per heavy atom. The van der Waals surface area contributed by atoms with Crippen molar-refractivity contribution in [2.24, 2.45) is 0 Å². The molecule has 0 aliphatic carbocycles. The predicted molar refractivity (Wildman–Crippen MR) is 94.4 cm³/mol. The summed E-state index contributed by atoms with van der Waals surface area (Å²) in [6.45, 7) is 1.48. The maximum Gasteiger partial charge on any atom is 0.259 e. The number of nitrogens with two attached hydrogens (primary N) is 1. The zero-order valence-electron chi connectivity index (χ0n) is 13.0. The third kappa shape index (κ3) is 2.79. The normalized spacial score (nSPS) is 10.5. The first-order valence-electron chi connectivity index (χ1n) is 7.40. The Kier molecular flexibility index (Phi) is 3.92. The van der Waals surface area contributed by atoms with Crippen LogP contribution in [0.15, 0.2) is 54.6 Å². The lowest BCUT2D eigenvalue weighted by atomic mass is 10.0. The minimum absolute atomic E-state index is 0.0483. The van der Waals surface area contributed by atoms with E-state index < -0.39 is 5.91 Å². The van der Waals surface area contributed by atoms with Crippen molar-refractivity contribution in [3.63, 3.8) is 0 Å². The van der Waals surface area contributed by atoms with E-state index in [4.69, 9.17) is 5.73 Å². The Hall–Kier alpha value is -3.34. The Morgan fingerprint density at radius 3 is 2.38 bits per heavy atom. The molecule has 24 heavy (non-hydrogen) atoms. The second-order valence-electron chi connectivity index (χ2n) is 5.50. The first-order valence-corrected chi connectivity index (χ1v) is 7.40. The number of nitrogen functional groups attached to an aromatic ring is 1. The third-order valence-electron chi connectivity index (χ3n) is 3.85. The summed E-state index contributed by atoms with van der Waals surface area (Å²) in [6, 6.07) is 15.4. The first kappa shape index (κ1) is 15.6. The Morgan fingerprint density at radius 1 is 1.04 bits per heavy atom. The molecule has 5 heteroatoms. The number of aromatic hydroxyl groups is 1. The number of nitrogens with one attached hydrogen (secondary N) is 1. The van der Waals surface area contributed by atoms with Crippen LogP contribution >= 0.6 is 0 Å². The highest BCUT2D eigenvalue weighted by Gasteiger charge is 2.16. The van der Waals surface area contributed by atoms with E-state index in [1.54, 1.807) is 36.4 Å². The number of anilines is 2. The maximum absolute atomic E-state index is 12.5. The molecule has 4 N–H and O–H groups in total. The van der Waals surface area contributed by atoms with Gasteiger partial charge in [-0.1, -0.05) is 24.3 Å². The van der Waals surface area contributed by atoms with E-state index in [1.165, 1.54) is 6.92 Å².